The van der Waals surface area contributed by atoms with Crippen molar-refractivity contribution in [2.24, 2.45) is 0 Å². The first-order chi connectivity index (χ1) is 16.6. The maximum absolute atomic E-state index is 11.7. The van der Waals surface area contributed by atoms with Crippen molar-refractivity contribution in [3.63, 3.8) is 0 Å². The zero-order valence-electron chi connectivity index (χ0n) is 20.5. The Balaban J connectivity index is 1.62. The van der Waals surface area contributed by atoms with E-state index in [2.05, 4.69) is 27.5 Å². The second-order valence-corrected chi connectivity index (χ2v) is 9.21. The van der Waals surface area contributed by atoms with Crippen LogP contribution >= 0.6 is 11.6 Å². The second kappa shape index (κ2) is 17.1. The Morgan fingerprint density at radius 2 is 1.35 bits per heavy atom. The molecule has 0 saturated carbocycles. The highest BCUT2D eigenvalue weighted by Gasteiger charge is 2.23. The minimum absolute atomic E-state index is 0.122. The monoisotopic (exact) mass is 489 g/mol. The first-order valence-corrected chi connectivity index (χ1v) is 13.3. The molecule has 1 heterocycles. The number of benzene rings is 1. The molecule has 2 aromatic rings. The quantitative estimate of drug-likeness (QED) is 0.116. The van der Waals surface area contributed by atoms with E-state index in [9.17, 15) is 10.1 Å². The van der Waals surface area contributed by atoms with Gasteiger partial charge in [0.2, 0.25) is 11.6 Å². The maximum atomic E-state index is 11.7. The van der Waals surface area contributed by atoms with Crippen LogP contribution in [0, 0.1) is 10.1 Å². The summed E-state index contributed by atoms with van der Waals surface area (Å²) in [5, 5.41) is 18.2. The summed E-state index contributed by atoms with van der Waals surface area (Å²) in [5.74, 6) is 0.348. The zero-order chi connectivity index (χ0) is 24.4. The summed E-state index contributed by atoms with van der Waals surface area (Å²) >= 11 is 6.16. The molecule has 0 saturated heterocycles. The molecule has 1 aromatic carbocycles. The van der Waals surface area contributed by atoms with Crippen LogP contribution in [0.1, 0.15) is 96.8 Å². The summed E-state index contributed by atoms with van der Waals surface area (Å²) < 4.78 is 0. The van der Waals surface area contributed by atoms with E-state index in [1.54, 1.807) is 24.3 Å². The van der Waals surface area contributed by atoms with E-state index in [0.29, 0.717) is 17.3 Å². The molecule has 0 fully saturated rings. The number of nitrogens with zero attached hydrogens (tertiary/aromatic N) is 3. The first kappa shape index (κ1) is 27.8. The molecule has 0 aliphatic carbocycles. The predicted molar refractivity (Wildman–Crippen MR) is 142 cm³/mol. The van der Waals surface area contributed by atoms with Crippen molar-refractivity contribution in [1.29, 1.82) is 0 Å². The van der Waals surface area contributed by atoms with Crippen molar-refractivity contribution in [3.05, 3.63) is 45.7 Å². The van der Waals surface area contributed by atoms with Crippen LogP contribution in [-0.4, -0.2) is 21.4 Å². The normalized spacial score (nSPS) is 10.9. The molecule has 0 aliphatic rings. The molecule has 0 unspecified atom stereocenters. The van der Waals surface area contributed by atoms with Crippen LogP contribution in [0.5, 0.6) is 0 Å². The largest absolute Gasteiger partial charge is 0.364 e. The van der Waals surface area contributed by atoms with Gasteiger partial charge in [-0.1, -0.05) is 114 Å². The fourth-order valence-corrected chi connectivity index (χ4v) is 4.17. The number of anilines is 3. The lowest BCUT2D eigenvalue weighted by Crippen LogP contribution is -2.09. The molecule has 1 aromatic heterocycles. The van der Waals surface area contributed by atoms with Crippen LogP contribution in [0.15, 0.2) is 30.6 Å². The lowest BCUT2D eigenvalue weighted by Gasteiger charge is -2.11. The Bertz CT molecular complexity index is 850. The van der Waals surface area contributed by atoms with Crippen molar-refractivity contribution in [3.8, 4) is 0 Å². The van der Waals surface area contributed by atoms with E-state index in [1.807, 2.05) is 0 Å². The highest BCUT2D eigenvalue weighted by Crippen LogP contribution is 2.33. The Hall–Kier alpha value is -2.41. The van der Waals surface area contributed by atoms with Crippen LogP contribution in [0.3, 0.4) is 0 Å². The van der Waals surface area contributed by atoms with E-state index in [1.165, 1.54) is 83.4 Å². The standard InChI is InChI=1S/C26H40ClN5O2/c1-2-3-4-5-6-7-8-9-10-11-12-13-14-17-20-28-25-24(32(33)34)26(30-21-29-25)31-23-19-16-15-18-22(23)27/h15-16,18-19,21H,2-14,17,20H2,1H3,(H2,28,29,30,31). The van der Waals surface area contributed by atoms with Gasteiger partial charge in [0.1, 0.15) is 6.33 Å². The molecule has 2 N–H and O–H groups in total. The number of para-hydroxylation sites is 1. The number of hydrogen-bond donors (Lipinski definition) is 2. The molecule has 0 amide bonds. The average molecular weight is 490 g/mol. The predicted octanol–water partition coefficient (Wildman–Crippen LogP) is 8.68. The van der Waals surface area contributed by atoms with Gasteiger partial charge in [0, 0.05) is 6.54 Å². The number of nitrogens with one attached hydrogen (secondary N) is 2. The third-order valence-corrected chi connectivity index (χ3v) is 6.28. The Morgan fingerprint density at radius 3 is 1.91 bits per heavy atom. The summed E-state index contributed by atoms with van der Waals surface area (Å²) in [6, 6.07) is 7.06. The first-order valence-electron chi connectivity index (χ1n) is 12.9. The Kier molecular flexibility index (Phi) is 14.0. The molecule has 8 heteroatoms. The van der Waals surface area contributed by atoms with Gasteiger partial charge < -0.3 is 10.6 Å². The minimum atomic E-state index is -0.466. The number of nitro groups is 1. The third-order valence-electron chi connectivity index (χ3n) is 5.95. The van der Waals surface area contributed by atoms with Crippen LogP contribution in [0.2, 0.25) is 5.02 Å². The van der Waals surface area contributed by atoms with Gasteiger partial charge in [0.15, 0.2) is 0 Å². The molecule has 0 spiro atoms. The van der Waals surface area contributed by atoms with Gasteiger partial charge in [-0.2, -0.15) is 0 Å². The second-order valence-electron chi connectivity index (χ2n) is 8.80. The molecule has 34 heavy (non-hydrogen) atoms. The smallest absolute Gasteiger partial charge is 0.353 e. The lowest BCUT2D eigenvalue weighted by molar-refractivity contribution is -0.383. The molecule has 188 valence electrons. The molecule has 0 atom stereocenters. The zero-order valence-corrected chi connectivity index (χ0v) is 21.3. The van der Waals surface area contributed by atoms with E-state index >= 15 is 0 Å². The van der Waals surface area contributed by atoms with Gasteiger partial charge in [-0.05, 0) is 18.6 Å². The molecular formula is C26H40ClN5O2. The topological polar surface area (TPSA) is 93.0 Å². The molecule has 2 rings (SSSR count). The van der Waals surface area contributed by atoms with Crippen molar-refractivity contribution in [2.75, 3.05) is 17.2 Å². The van der Waals surface area contributed by atoms with Crippen LogP contribution < -0.4 is 10.6 Å². The third kappa shape index (κ3) is 10.7. The summed E-state index contributed by atoms with van der Waals surface area (Å²) in [4.78, 5) is 19.4. The van der Waals surface area contributed by atoms with E-state index in [0.717, 1.165) is 12.8 Å². The summed E-state index contributed by atoms with van der Waals surface area (Å²) in [7, 11) is 0. The fraction of sp³-hybridized carbons (Fsp3) is 0.615. The lowest BCUT2D eigenvalue weighted by atomic mass is 10.0. The molecule has 0 radical (unpaired) electrons. The van der Waals surface area contributed by atoms with Crippen molar-refractivity contribution < 1.29 is 4.92 Å². The summed E-state index contributed by atoms with van der Waals surface area (Å²) in [6.45, 7) is 2.90. The minimum Gasteiger partial charge on any atom is -0.364 e. The van der Waals surface area contributed by atoms with E-state index in [4.69, 9.17) is 11.6 Å². The fourth-order valence-electron chi connectivity index (χ4n) is 3.99. The van der Waals surface area contributed by atoms with Gasteiger partial charge in [-0.25, -0.2) is 9.97 Å². The number of unbranched alkanes of at least 4 members (excludes halogenated alkanes) is 13. The maximum Gasteiger partial charge on any atom is 0.353 e. The SMILES string of the molecule is CCCCCCCCCCCCCCCCNc1ncnc(Nc2ccccc2Cl)c1[N+](=O)[O-]. The highest BCUT2D eigenvalue weighted by atomic mass is 35.5. The van der Waals surface area contributed by atoms with E-state index < -0.39 is 4.92 Å². The van der Waals surface area contributed by atoms with E-state index in [-0.39, 0.29) is 17.3 Å². The van der Waals surface area contributed by atoms with Gasteiger partial charge in [-0.15, -0.1) is 0 Å². The number of rotatable bonds is 19. The molecule has 7 nitrogen and oxygen atoms in total. The van der Waals surface area contributed by atoms with Gasteiger partial charge >= 0.3 is 5.69 Å². The Morgan fingerprint density at radius 1 is 0.824 bits per heavy atom. The summed E-state index contributed by atoms with van der Waals surface area (Å²) in [5.41, 5.74) is 0.386. The number of aromatic nitrogens is 2. The number of hydrogen-bond acceptors (Lipinski definition) is 6. The van der Waals surface area contributed by atoms with Gasteiger partial charge in [0.25, 0.3) is 0 Å². The van der Waals surface area contributed by atoms with Crippen molar-refractivity contribution in [2.45, 2.75) is 96.8 Å². The van der Waals surface area contributed by atoms with Crippen LogP contribution in [0.25, 0.3) is 0 Å². The van der Waals surface area contributed by atoms with Crippen LogP contribution in [0.4, 0.5) is 23.0 Å². The Labute approximate surface area is 209 Å². The highest BCUT2D eigenvalue weighted by molar-refractivity contribution is 6.33. The molecule has 0 bridgehead atoms. The average Bonchev–Trinajstić information content (AvgIpc) is 2.83. The number of halogens is 1. The van der Waals surface area contributed by atoms with Crippen molar-refractivity contribution in [1.82, 2.24) is 9.97 Å². The van der Waals surface area contributed by atoms with Crippen LogP contribution in [-0.2, 0) is 0 Å². The van der Waals surface area contributed by atoms with Gasteiger partial charge in [0.05, 0.1) is 15.6 Å². The van der Waals surface area contributed by atoms with Gasteiger partial charge in [-0.3, -0.25) is 10.1 Å². The molecule has 0 aliphatic heterocycles. The summed E-state index contributed by atoms with van der Waals surface area (Å²) in [6.07, 6.45) is 19.5. The van der Waals surface area contributed by atoms with Crippen molar-refractivity contribution >= 4 is 34.6 Å². The molecular weight excluding hydrogens is 450 g/mol.